The van der Waals surface area contributed by atoms with Crippen LogP contribution in [0.5, 0.6) is 0 Å². The second kappa shape index (κ2) is 5.68. The average Bonchev–Trinajstić information content (AvgIpc) is 2.91. The van der Waals surface area contributed by atoms with Gasteiger partial charge in [0, 0.05) is 18.0 Å². The molecule has 0 aliphatic rings. The summed E-state index contributed by atoms with van der Waals surface area (Å²) in [6.45, 7) is 6.82. The fourth-order valence-electron chi connectivity index (χ4n) is 1.80. The van der Waals surface area contributed by atoms with E-state index >= 15 is 0 Å². The minimum Gasteiger partial charge on any atom is -0.465 e. The van der Waals surface area contributed by atoms with Gasteiger partial charge in [-0.1, -0.05) is 6.92 Å². The number of nitrogens with zero attached hydrogens (tertiary/aromatic N) is 2. The van der Waals surface area contributed by atoms with Gasteiger partial charge in [0.2, 0.25) is 0 Å². The zero-order valence-electron chi connectivity index (χ0n) is 10.4. The van der Waals surface area contributed by atoms with Gasteiger partial charge in [-0.05, 0) is 26.0 Å². The van der Waals surface area contributed by atoms with E-state index in [-0.39, 0.29) is 0 Å². The van der Waals surface area contributed by atoms with Crippen LogP contribution >= 0.6 is 0 Å². The van der Waals surface area contributed by atoms with Crippen molar-refractivity contribution in [1.82, 2.24) is 14.9 Å². The average molecular weight is 233 g/mol. The van der Waals surface area contributed by atoms with Gasteiger partial charge in [-0.15, -0.1) is 0 Å². The lowest BCUT2D eigenvalue weighted by Gasteiger charge is -1.98. The fourth-order valence-corrected chi connectivity index (χ4v) is 1.80. The van der Waals surface area contributed by atoms with Crippen molar-refractivity contribution in [2.75, 3.05) is 6.54 Å². The molecule has 0 aliphatic carbocycles. The molecule has 0 aliphatic heterocycles. The van der Waals surface area contributed by atoms with Crippen molar-refractivity contribution in [1.29, 1.82) is 0 Å². The highest BCUT2D eigenvalue weighted by Crippen LogP contribution is 2.15. The van der Waals surface area contributed by atoms with Crippen molar-refractivity contribution in [3.63, 3.8) is 0 Å². The van der Waals surface area contributed by atoms with E-state index in [2.05, 4.69) is 23.3 Å². The van der Waals surface area contributed by atoms with Gasteiger partial charge in [0.1, 0.15) is 11.5 Å². The first kappa shape index (κ1) is 11.9. The van der Waals surface area contributed by atoms with Crippen molar-refractivity contribution < 1.29 is 4.42 Å². The number of hydrogen-bond acceptors (Lipinski definition) is 3. The minimum atomic E-state index is 0.804. The highest BCUT2D eigenvalue weighted by atomic mass is 16.3. The van der Waals surface area contributed by atoms with Crippen LogP contribution in [0.1, 0.15) is 30.4 Å². The lowest BCUT2D eigenvalue weighted by atomic mass is 10.2. The summed E-state index contributed by atoms with van der Waals surface area (Å²) in [5.41, 5.74) is 1.22. The quantitative estimate of drug-likeness (QED) is 0.779. The van der Waals surface area contributed by atoms with Crippen LogP contribution in [0.15, 0.2) is 29.2 Å². The lowest BCUT2D eigenvalue weighted by molar-refractivity contribution is 0.459. The lowest BCUT2D eigenvalue weighted by Crippen LogP contribution is -2.13. The SMILES string of the molecule is CCCNCc1cc(Cn2ccnc2)c(C)o1. The van der Waals surface area contributed by atoms with E-state index in [1.807, 2.05) is 24.0 Å². The Bertz CT molecular complexity index is 445. The first-order valence-electron chi connectivity index (χ1n) is 6.04. The Kier molecular flexibility index (Phi) is 3.98. The number of aromatic nitrogens is 2. The van der Waals surface area contributed by atoms with E-state index in [0.29, 0.717) is 0 Å². The monoisotopic (exact) mass is 233 g/mol. The molecule has 4 nitrogen and oxygen atoms in total. The Morgan fingerprint density at radius 1 is 1.47 bits per heavy atom. The largest absolute Gasteiger partial charge is 0.465 e. The Labute approximate surface area is 102 Å². The van der Waals surface area contributed by atoms with Gasteiger partial charge in [-0.25, -0.2) is 4.98 Å². The molecule has 0 amide bonds. The maximum atomic E-state index is 5.71. The number of aryl methyl sites for hydroxylation is 1. The van der Waals surface area contributed by atoms with Gasteiger partial charge < -0.3 is 14.3 Å². The van der Waals surface area contributed by atoms with Gasteiger partial charge in [-0.2, -0.15) is 0 Å². The molecule has 0 radical (unpaired) electrons. The topological polar surface area (TPSA) is 43.0 Å². The zero-order valence-corrected chi connectivity index (χ0v) is 10.4. The van der Waals surface area contributed by atoms with Crippen LogP contribution in [-0.4, -0.2) is 16.1 Å². The Balaban J connectivity index is 1.98. The third-order valence-corrected chi connectivity index (χ3v) is 2.71. The summed E-state index contributed by atoms with van der Waals surface area (Å²) >= 11 is 0. The molecule has 17 heavy (non-hydrogen) atoms. The predicted octanol–water partition coefficient (Wildman–Crippen LogP) is 2.33. The molecule has 1 N–H and O–H groups in total. The molecule has 0 saturated heterocycles. The number of imidazole rings is 1. The van der Waals surface area contributed by atoms with Crippen LogP contribution in [0, 0.1) is 6.92 Å². The summed E-state index contributed by atoms with van der Waals surface area (Å²) in [7, 11) is 0. The summed E-state index contributed by atoms with van der Waals surface area (Å²) < 4.78 is 7.76. The molecule has 2 aromatic rings. The van der Waals surface area contributed by atoms with Gasteiger partial charge >= 0.3 is 0 Å². The molecular weight excluding hydrogens is 214 g/mol. The number of hydrogen-bond donors (Lipinski definition) is 1. The molecule has 0 saturated carbocycles. The molecule has 2 heterocycles. The minimum absolute atomic E-state index is 0.804. The van der Waals surface area contributed by atoms with Crippen LogP contribution < -0.4 is 5.32 Å². The highest BCUT2D eigenvalue weighted by Gasteiger charge is 2.07. The summed E-state index contributed by atoms with van der Waals surface area (Å²) in [6.07, 6.45) is 6.71. The summed E-state index contributed by atoms with van der Waals surface area (Å²) in [4.78, 5) is 4.04. The standard InChI is InChI=1S/C13H19N3O/c1-3-4-14-8-13-7-12(11(2)17-13)9-16-6-5-15-10-16/h5-7,10,14H,3-4,8-9H2,1-2H3. The summed E-state index contributed by atoms with van der Waals surface area (Å²) in [5.74, 6) is 2.00. The molecule has 4 heteroatoms. The Morgan fingerprint density at radius 3 is 3.06 bits per heavy atom. The van der Waals surface area contributed by atoms with Crippen molar-refractivity contribution >= 4 is 0 Å². The van der Waals surface area contributed by atoms with E-state index in [0.717, 1.165) is 37.6 Å². The normalized spacial score (nSPS) is 10.9. The van der Waals surface area contributed by atoms with Gasteiger partial charge in [0.05, 0.1) is 19.4 Å². The molecule has 0 unspecified atom stereocenters. The maximum Gasteiger partial charge on any atom is 0.118 e. The van der Waals surface area contributed by atoms with E-state index in [9.17, 15) is 0 Å². The van der Waals surface area contributed by atoms with Crippen molar-refractivity contribution in [2.24, 2.45) is 0 Å². The van der Waals surface area contributed by atoms with Crippen LogP contribution in [-0.2, 0) is 13.1 Å². The van der Waals surface area contributed by atoms with Gasteiger partial charge in [0.15, 0.2) is 0 Å². The third kappa shape index (κ3) is 3.20. The fraction of sp³-hybridized carbons (Fsp3) is 0.462. The smallest absolute Gasteiger partial charge is 0.118 e. The van der Waals surface area contributed by atoms with Crippen molar-refractivity contribution in [3.05, 3.63) is 41.9 Å². The van der Waals surface area contributed by atoms with Crippen molar-refractivity contribution in [3.8, 4) is 0 Å². The molecule has 0 spiro atoms. The third-order valence-electron chi connectivity index (χ3n) is 2.71. The number of furan rings is 1. The van der Waals surface area contributed by atoms with Gasteiger partial charge in [-0.3, -0.25) is 0 Å². The molecule has 2 rings (SSSR count). The number of nitrogens with one attached hydrogen (secondary N) is 1. The zero-order chi connectivity index (χ0) is 12.1. The van der Waals surface area contributed by atoms with Crippen LogP contribution in [0.25, 0.3) is 0 Å². The molecule has 0 aromatic carbocycles. The molecule has 0 atom stereocenters. The van der Waals surface area contributed by atoms with E-state index in [1.54, 1.807) is 6.20 Å². The van der Waals surface area contributed by atoms with Crippen molar-refractivity contribution in [2.45, 2.75) is 33.4 Å². The van der Waals surface area contributed by atoms with Crippen LogP contribution in [0.2, 0.25) is 0 Å². The Morgan fingerprint density at radius 2 is 2.35 bits per heavy atom. The highest BCUT2D eigenvalue weighted by molar-refractivity contribution is 5.21. The van der Waals surface area contributed by atoms with E-state index in [1.165, 1.54) is 5.56 Å². The first-order chi connectivity index (χ1) is 8.29. The molecule has 0 bridgehead atoms. The first-order valence-corrected chi connectivity index (χ1v) is 6.04. The van der Waals surface area contributed by atoms with Crippen LogP contribution in [0.3, 0.4) is 0 Å². The van der Waals surface area contributed by atoms with Gasteiger partial charge in [0.25, 0.3) is 0 Å². The molecule has 92 valence electrons. The molecular formula is C13H19N3O. The second-order valence-corrected chi connectivity index (χ2v) is 4.21. The van der Waals surface area contributed by atoms with Crippen LogP contribution in [0.4, 0.5) is 0 Å². The van der Waals surface area contributed by atoms with E-state index < -0.39 is 0 Å². The molecule has 2 aromatic heterocycles. The number of rotatable bonds is 6. The molecule has 0 fully saturated rings. The summed E-state index contributed by atoms with van der Waals surface area (Å²) in [5, 5.41) is 3.34. The Hall–Kier alpha value is -1.55. The van der Waals surface area contributed by atoms with E-state index in [4.69, 9.17) is 4.42 Å². The predicted molar refractivity (Wildman–Crippen MR) is 66.8 cm³/mol. The second-order valence-electron chi connectivity index (χ2n) is 4.21. The maximum absolute atomic E-state index is 5.71. The summed E-state index contributed by atoms with van der Waals surface area (Å²) in [6, 6.07) is 2.12.